The van der Waals surface area contributed by atoms with Crippen LogP contribution in [-0.4, -0.2) is 31.9 Å². The number of unbranched alkanes of at least 4 members (excludes halogenated alkanes) is 1. The van der Waals surface area contributed by atoms with Gasteiger partial charge in [0.1, 0.15) is 0 Å². The van der Waals surface area contributed by atoms with Crippen molar-refractivity contribution >= 4 is 11.9 Å². The lowest BCUT2D eigenvalue weighted by molar-refractivity contribution is -0.197. The number of ether oxygens (including phenoxy) is 3. The highest BCUT2D eigenvalue weighted by atomic mass is 16.7. The minimum atomic E-state index is -1.27. The highest BCUT2D eigenvalue weighted by Gasteiger charge is 2.22. The number of rotatable bonds is 7. The molecule has 0 fully saturated rings. The molecule has 0 saturated heterocycles. The quantitative estimate of drug-likeness (QED) is 0.275. The van der Waals surface area contributed by atoms with Gasteiger partial charge in [0.05, 0.1) is 13.7 Å². The first-order chi connectivity index (χ1) is 7.11. The second-order valence-electron chi connectivity index (χ2n) is 2.77. The van der Waals surface area contributed by atoms with Crippen LogP contribution in [0.25, 0.3) is 0 Å². The van der Waals surface area contributed by atoms with Crippen molar-refractivity contribution in [3.05, 3.63) is 12.7 Å². The van der Waals surface area contributed by atoms with Crippen LogP contribution in [0.15, 0.2) is 12.7 Å². The minimum Gasteiger partial charge on any atom is -0.464 e. The average Bonchev–Trinajstić information content (AvgIpc) is 2.21. The van der Waals surface area contributed by atoms with Crippen molar-refractivity contribution in [2.45, 2.75) is 26.1 Å². The van der Waals surface area contributed by atoms with Crippen molar-refractivity contribution in [2.24, 2.45) is 0 Å². The fourth-order valence-corrected chi connectivity index (χ4v) is 0.815. The third-order valence-electron chi connectivity index (χ3n) is 1.49. The summed E-state index contributed by atoms with van der Waals surface area (Å²) in [6.45, 7) is 5.05. The molecule has 0 bridgehead atoms. The SMILES string of the molecule is C=CCCCO[C@@H](OC(C)=O)C(=O)OC. The molecule has 5 heteroatoms. The van der Waals surface area contributed by atoms with Gasteiger partial charge in [0.25, 0.3) is 0 Å². The number of hydrogen-bond donors (Lipinski definition) is 0. The van der Waals surface area contributed by atoms with Gasteiger partial charge in [0.15, 0.2) is 0 Å². The molecule has 0 heterocycles. The first-order valence-electron chi connectivity index (χ1n) is 4.59. The maximum atomic E-state index is 11.1. The maximum Gasteiger partial charge on any atom is 0.376 e. The zero-order valence-electron chi connectivity index (χ0n) is 9.02. The normalized spacial score (nSPS) is 11.6. The van der Waals surface area contributed by atoms with Crippen LogP contribution in [0.3, 0.4) is 0 Å². The third kappa shape index (κ3) is 6.68. The molecule has 0 unspecified atom stereocenters. The molecule has 15 heavy (non-hydrogen) atoms. The molecule has 0 saturated carbocycles. The van der Waals surface area contributed by atoms with E-state index in [-0.39, 0.29) is 0 Å². The van der Waals surface area contributed by atoms with Crippen LogP contribution in [0, 0.1) is 0 Å². The highest BCUT2D eigenvalue weighted by molar-refractivity contribution is 5.77. The Bertz CT molecular complexity index is 224. The van der Waals surface area contributed by atoms with Crippen molar-refractivity contribution in [1.29, 1.82) is 0 Å². The van der Waals surface area contributed by atoms with Gasteiger partial charge in [-0.1, -0.05) is 6.08 Å². The van der Waals surface area contributed by atoms with E-state index in [4.69, 9.17) is 4.74 Å². The van der Waals surface area contributed by atoms with E-state index < -0.39 is 18.2 Å². The molecule has 0 rings (SSSR count). The van der Waals surface area contributed by atoms with Gasteiger partial charge in [-0.15, -0.1) is 6.58 Å². The summed E-state index contributed by atoms with van der Waals surface area (Å²) in [5.74, 6) is -1.31. The molecule has 0 aromatic carbocycles. The van der Waals surface area contributed by atoms with Crippen molar-refractivity contribution in [2.75, 3.05) is 13.7 Å². The van der Waals surface area contributed by atoms with Crippen LogP contribution in [-0.2, 0) is 23.8 Å². The lowest BCUT2D eigenvalue weighted by atomic mass is 10.3. The van der Waals surface area contributed by atoms with Gasteiger partial charge in [0.2, 0.25) is 0 Å². The summed E-state index contributed by atoms with van der Waals surface area (Å²) in [6, 6.07) is 0. The smallest absolute Gasteiger partial charge is 0.376 e. The van der Waals surface area contributed by atoms with Crippen molar-refractivity contribution in [1.82, 2.24) is 0 Å². The van der Waals surface area contributed by atoms with Crippen molar-refractivity contribution in [3.8, 4) is 0 Å². The molecule has 0 aliphatic rings. The second-order valence-corrected chi connectivity index (χ2v) is 2.77. The Kier molecular flexibility index (Phi) is 7.27. The Hall–Kier alpha value is -1.36. The summed E-state index contributed by atoms with van der Waals surface area (Å²) in [4.78, 5) is 21.7. The monoisotopic (exact) mass is 216 g/mol. The van der Waals surface area contributed by atoms with Gasteiger partial charge >= 0.3 is 18.2 Å². The van der Waals surface area contributed by atoms with Crippen LogP contribution >= 0.6 is 0 Å². The lowest BCUT2D eigenvalue weighted by Gasteiger charge is -2.14. The van der Waals surface area contributed by atoms with Gasteiger partial charge in [-0.3, -0.25) is 4.79 Å². The molecule has 0 aromatic heterocycles. The van der Waals surface area contributed by atoms with Gasteiger partial charge in [-0.25, -0.2) is 4.79 Å². The first kappa shape index (κ1) is 13.6. The van der Waals surface area contributed by atoms with Gasteiger partial charge in [-0.2, -0.15) is 0 Å². The fraction of sp³-hybridized carbons (Fsp3) is 0.600. The Balaban J connectivity index is 3.95. The molecule has 0 N–H and O–H groups in total. The molecule has 86 valence electrons. The van der Waals surface area contributed by atoms with Gasteiger partial charge in [0, 0.05) is 6.92 Å². The number of methoxy groups -OCH3 is 1. The third-order valence-corrected chi connectivity index (χ3v) is 1.49. The van der Waals surface area contributed by atoms with E-state index >= 15 is 0 Å². The molecule has 0 radical (unpaired) electrons. The molecule has 0 aliphatic carbocycles. The first-order valence-corrected chi connectivity index (χ1v) is 4.59. The molecule has 0 amide bonds. The standard InChI is InChI=1S/C10H16O5/c1-4-5-6-7-14-10(9(12)13-3)15-8(2)11/h4,10H,1,5-7H2,2-3H3/t10-/m0/s1. The summed E-state index contributed by atoms with van der Waals surface area (Å²) in [6.07, 6.45) is 1.95. The van der Waals surface area contributed by atoms with Crippen LogP contribution in [0.4, 0.5) is 0 Å². The second kappa shape index (κ2) is 7.99. The zero-order chi connectivity index (χ0) is 11.7. The Morgan fingerprint density at radius 3 is 2.60 bits per heavy atom. The molecule has 0 spiro atoms. The summed E-state index contributed by atoms with van der Waals surface area (Å²) >= 11 is 0. The number of hydrogen-bond acceptors (Lipinski definition) is 5. The Morgan fingerprint density at radius 2 is 2.13 bits per heavy atom. The molecule has 0 aromatic rings. The Morgan fingerprint density at radius 1 is 1.47 bits per heavy atom. The number of allylic oxidation sites excluding steroid dienone is 1. The summed E-state index contributed by atoms with van der Waals surface area (Å²) in [5.41, 5.74) is 0. The average molecular weight is 216 g/mol. The zero-order valence-corrected chi connectivity index (χ0v) is 9.02. The van der Waals surface area contributed by atoms with E-state index in [9.17, 15) is 9.59 Å². The van der Waals surface area contributed by atoms with Crippen LogP contribution < -0.4 is 0 Å². The molecule has 1 atom stereocenters. The van der Waals surface area contributed by atoms with Crippen LogP contribution in [0.2, 0.25) is 0 Å². The number of carbonyl (C=O) groups is 2. The van der Waals surface area contributed by atoms with Crippen molar-refractivity contribution in [3.63, 3.8) is 0 Å². The van der Waals surface area contributed by atoms with E-state index in [0.717, 1.165) is 6.42 Å². The van der Waals surface area contributed by atoms with Crippen LogP contribution in [0.5, 0.6) is 0 Å². The Labute approximate surface area is 89.0 Å². The predicted octanol–water partition coefficient (Wildman–Crippen LogP) is 1.03. The van der Waals surface area contributed by atoms with E-state index in [0.29, 0.717) is 13.0 Å². The highest BCUT2D eigenvalue weighted by Crippen LogP contribution is 2.01. The van der Waals surface area contributed by atoms with Crippen molar-refractivity contribution < 1.29 is 23.8 Å². The number of carbonyl (C=O) groups excluding carboxylic acids is 2. The van der Waals surface area contributed by atoms with E-state index in [1.165, 1.54) is 14.0 Å². The topological polar surface area (TPSA) is 61.8 Å². The summed E-state index contributed by atoms with van der Waals surface area (Å²) in [5, 5.41) is 0. The molecule has 5 nitrogen and oxygen atoms in total. The lowest BCUT2D eigenvalue weighted by Crippen LogP contribution is -2.30. The maximum absolute atomic E-state index is 11.1. The largest absolute Gasteiger partial charge is 0.464 e. The summed E-state index contributed by atoms with van der Waals surface area (Å²) in [7, 11) is 1.20. The van der Waals surface area contributed by atoms with E-state index in [1.54, 1.807) is 6.08 Å². The minimum absolute atomic E-state index is 0.305. The predicted molar refractivity (Wildman–Crippen MR) is 53.0 cm³/mol. The van der Waals surface area contributed by atoms with Gasteiger partial charge in [-0.05, 0) is 12.8 Å². The summed E-state index contributed by atoms with van der Waals surface area (Å²) < 4.78 is 14.1. The molecular formula is C10H16O5. The van der Waals surface area contributed by atoms with Gasteiger partial charge < -0.3 is 14.2 Å². The van der Waals surface area contributed by atoms with E-state index in [2.05, 4.69) is 16.1 Å². The van der Waals surface area contributed by atoms with Crippen LogP contribution in [0.1, 0.15) is 19.8 Å². The molecular weight excluding hydrogens is 200 g/mol. The van der Waals surface area contributed by atoms with E-state index in [1.807, 2.05) is 0 Å². The molecule has 0 aliphatic heterocycles. The fourth-order valence-electron chi connectivity index (χ4n) is 0.815. The number of esters is 2.